The van der Waals surface area contributed by atoms with Crippen LogP contribution in [0.2, 0.25) is 0 Å². The maximum Gasteiger partial charge on any atom is 0.0354 e. The second-order valence-corrected chi connectivity index (χ2v) is 5.60. The van der Waals surface area contributed by atoms with Crippen LogP contribution in [-0.2, 0) is 6.42 Å². The van der Waals surface area contributed by atoms with E-state index in [9.17, 15) is 0 Å². The summed E-state index contributed by atoms with van der Waals surface area (Å²) >= 11 is 3.51. The molecule has 3 heteroatoms. The Morgan fingerprint density at radius 1 is 1.27 bits per heavy atom. The maximum atomic E-state index is 6.32. The molecule has 1 fully saturated rings. The molecular formula is C12H15BrClN. The largest absolute Gasteiger partial charge is 0.323 e. The minimum atomic E-state index is 0. The van der Waals surface area contributed by atoms with Gasteiger partial charge in [-0.2, -0.15) is 0 Å². The zero-order valence-corrected chi connectivity index (χ0v) is 10.9. The molecule has 1 unspecified atom stereocenters. The Kier molecular flexibility index (Phi) is 2.87. The van der Waals surface area contributed by atoms with Crippen LogP contribution >= 0.6 is 28.3 Å². The fourth-order valence-electron chi connectivity index (χ4n) is 2.68. The van der Waals surface area contributed by atoms with Gasteiger partial charge in [-0.3, -0.25) is 0 Å². The molecule has 0 aliphatic heterocycles. The van der Waals surface area contributed by atoms with Gasteiger partial charge in [-0.15, -0.1) is 12.4 Å². The number of nitrogens with two attached hydrogens (primary N) is 1. The Bertz CT molecular complexity index is 387. The molecule has 15 heavy (non-hydrogen) atoms. The summed E-state index contributed by atoms with van der Waals surface area (Å²) in [7, 11) is 0. The molecule has 0 saturated heterocycles. The van der Waals surface area contributed by atoms with E-state index in [-0.39, 0.29) is 12.4 Å². The van der Waals surface area contributed by atoms with E-state index in [1.165, 1.54) is 41.3 Å². The highest BCUT2D eigenvalue weighted by Crippen LogP contribution is 2.59. The fourth-order valence-corrected chi connectivity index (χ4v) is 3.09. The van der Waals surface area contributed by atoms with Gasteiger partial charge in [0.05, 0.1) is 0 Å². The zero-order valence-electron chi connectivity index (χ0n) is 8.50. The van der Waals surface area contributed by atoms with E-state index < -0.39 is 0 Å². The summed E-state index contributed by atoms with van der Waals surface area (Å²) in [4.78, 5) is 0. The summed E-state index contributed by atoms with van der Waals surface area (Å²) < 4.78 is 1.18. The van der Waals surface area contributed by atoms with E-state index >= 15 is 0 Å². The highest BCUT2D eigenvalue weighted by atomic mass is 79.9. The number of halogens is 2. The van der Waals surface area contributed by atoms with E-state index in [0.717, 1.165) is 0 Å². The average Bonchev–Trinajstić information content (AvgIpc) is 2.93. The van der Waals surface area contributed by atoms with Gasteiger partial charge in [0.25, 0.3) is 0 Å². The first kappa shape index (κ1) is 11.4. The molecule has 2 aliphatic rings. The van der Waals surface area contributed by atoms with Crippen molar-refractivity contribution in [2.45, 2.75) is 31.7 Å². The van der Waals surface area contributed by atoms with Crippen molar-refractivity contribution in [1.29, 1.82) is 0 Å². The number of benzene rings is 1. The SMILES string of the molecule is Cl.NC1c2ccc(Br)cc2CCC12CC2. The molecule has 1 saturated carbocycles. The first-order chi connectivity index (χ1) is 6.71. The van der Waals surface area contributed by atoms with Gasteiger partial charge < -0.3 is 5.73 Å². The summed E-state index contributed by atoms with van der Waals surface area (Å²) in [6.07, 6.45) is 5.17. The van der Waals surface area contributed by atoms with Crippen molar-refractivity contribution in [2.75, 3.05) is 0 Å². The van der Waals surface area contributed by atoms with Gasteiger partial charge in [-0.1, -0.05) is 22.0 Å². The second kappa shape index (κ2) is 3.76. The molecule has 1 aromatic rings. The lowest BCUT2D eigenvalue weighted by Gasteiger charge is -2.31. The van der Waals surface area contributed by atoms with Crippen LogP contribution in [0, 0.1) is 5.41 Å². The molecule has 0 aromatic heterocycles. The second-order valence-electron chi connectivity index (χ2n) is 4.68. The number of rotatable bonds is 0. The summed E-state index contributed by atoms with van der Waals surface area (Å²) in [6, 6.07) is 6.83. The van der Waals surface area contributed by atoms with Crippen LogP contribution in [0.5, 0.6) is 0 Å². The van der Waals surface area contributed by atoms with Crippen molar-refractivity contribution in [3.8, 4) is 0 Å². The first-order valence-corrected chi connectivity index (χ1v) is 6.04. The summed E-state index contributed by atoms with van der Waals surface area (Å²) in [5, 5.41) is 0. The van der Waals surface area contributed by atoms with E-state index in [1.54, 1.807) is 0 Å². The smallest absolute Gasteiger partial charge is 0.0354 e. The van der Waals surface area contributed by atoms with Gasteiger partial charge in [0.2, 0.25) is 0 Å². The van der Waals surface area contributed by atoms with Gasteiger partial charge in [0.1, 0.15) is 0 Å². The van der Waals surface area contributed by atoms with Crippen LogP contribution in [0.25, 0.3) is 0 Å². The molecule has 3 rings (SSSR count). The maximum absolute atomic E-state index is 6.32. The number of aryl methyl sites for hydroxylation is 1. The monoisotopic (exact) mass is 287 g/mol. The molecule has 0 heterocycles. The molecule has 1 spiro atoms. The van der Waals surface area contributed by atoms with Crippen LogP contribution in [0.1, 0.15) is 36.4 Å². The van der Waals surface area contributed by atoms with E-state index in [1.807, 2.05) is 0 Å². The van der Waals surface area contributed by atoms with Crippen molar-refractivity contribution in [1.82, 2.24) is 0 Å². The Morgan fingerprint density at radius 2 is 2.00 bits per heavy atom. The number of fused-ring (bicyclic) bond motifs is 1. The highest BCUT2D eigenvalue weighted by Gasteiger charge is 2.50. The quantitative estimate of drug-likeness (QED) is 0.775. The third kappa shape index (κ3) is 1.73. The zero-order chi connectivity index (χ0) is 9.76. The van der Waals surface area contributed by atoms with E-state index in [4.69, 9.17) is 5.73 Å². The van der Waals surface area contributed by atoms with Gasteiger partial charge in [0, 0.05) is 10.5 Å². The molecule has 2 aliphatic carbocycles. The summed E-state index contributed by atoms with van der Waals surface area (Å²) in [5.41, 5.74) is 9.64. The van der Waals surface area contributed by atoms with Crippen LogP contribution in [0.3, 0.4) is 0 Å². The summed E-state index contributed by atoms with van der Waals surface area (Å²) in [6.45, 7) is 0. The minimum Gasteiger partial charge on any atom is -0.323 e. The van der Waals surface area contributed by atoms with Crippen LogP contribution in [0.4, 0.5) is 0 Å². The van der Waals surface area contributed by atoms with Crippen molar-refractivity contribution < 1.29 is 0 Å². The topological polar surface area (TPSA) is 26.0 Å². The van der Waals surface area contributed by atoms with Crippen molar-refractivity contribution in [2.24, 2.45) is 11.1 Å². The van der Waals surface area contributed by atoms with E-state index in [0.29, 0.717) is 11.5 Å². The normalized spacial score (nSPS) is 25.6. The predicted octanol–water partition coefficient (Wildman–Crippen LogP) is 3.60. The predicted molar refractivity (Wildman–Crippen MR) is 68.3 cm³/mol. The average molecular weight is 289 g/mol. The van der Waals surface area contributed by atoms with Crippen LogP contribution in [-0.4, -0.2) is 0 Å². The summed E-state index contributed by atoms with van der Waals surface area (Å²) in [5.74, 6) is 0. The van der Waals surface area contributed by atoms with E-state index in [2.05, 4.69) is 34.1 Å². The van der Waals surface area contributed by atoms with Crippen molar-refractivity contribution >= 4 is 28.3 Å². The molecule has 82 valence electrons. The van der Waals surface area contributed by atoms with Crippen LogP contribution in [0.15, 0.2) is 22.7 Å². The third-order valence-electron chi connectivity index (χ3n) is 3.88. The fraction of sp³-hybridized carbons (Fsp3) is 0.500. The third-order valence-corrected chi connectivity index (χ3v) is 4.38. The van der Waals surface area contributed by atoms with Crippen molar-refractivity contribution in [3.63, 3.8) is 0 Å². The first-order valence-electron chi connectivity index (χ1n) is 5.25. The lowest BCUT2D eigenvalue weighted by Crippen LogP contribution is -2.28. The highest BCUT2D eigenvalue weighted by molar-refractivity contribution is 9.10. The molecule has 0 bridgehead atoms. The molecule has 1 aromatic carbocycles. The Hall–Kier alpha value is -0.0500. The standard InChI is InChI=1S/C12H14BrN.ClH/c13-9-1-2-10-8(7-9)3-4-12(5-6-12)11(10)14;/h1-2,7,11H,3-6,14H2;1H. The Balaban J connectivity index is 0.000000853. The lowest BCUT2D eigenvalue weighted by molar-refractivity contribution is 0.354. The van der Waals surface area contributed by atoms with Crippen LogP contribution < -0.4 is 5.73 Å². The van der Waals surface area contributed by atoms with Gasteiger partial charge in [-0.05, 0) is 54.4 Å². The minimum absolute atomic E-state index is 0. The van der Waals surface area contributed by atoms with Gasteiger partial charge >= 0.3 is 0 Å². The number of hydrogen-bond donors (Lipinski definition) is 1. The molecule has 1 nitrogen and oxygen atoms in total. The van der Waals surface area contributed by atoms with Crippen molar-refractivity contribution in [3.05, 3.63) is 33.8 Å². The molecule has 2 N–H and O–H groups in total. The van der Waals surface area contributed by atoms with Gasteiger partial charge in [-0.25, -0.2) is 0 Å². The molecular weight excluding hydrogens is 273 g/mol. The Morgan fingerprint density at radius 3 is 2.67 bits per heavy atom. The molecule has 0 amide bonds. The molecule has 1 atom stereocenters. The molecule has 0 radical (unpaired) electrons. The Labute approximate surface area is 105 Å². The lowest BCUT2D eigenvalue weighted by atomic mass is 9.78. The number of hydrogen-bond acceptors (Lipinski definition) is 1. The van der Waals surface area contributed by atoms with Gasteiger partial charge in [0.15, 0.2) is 0 Å².